The summed E-state index contributed by atoms with van der Waals surface area (Å²) >= 11 is 0. The van der Waals surface area contributed by atoms with Crippen molar-refractivity contribution < 1.29 is 23.9 Å². The highest BCUT2D eigenvalue weighted by Gasteiger charge is 2.51. The molecule has 7 heteroatoms. The third-order valence-corrected chi connectivity index (χ3v) is 6.25. The predicted molar refractivity (Wildman–Crippen MR) is 106 cm³/mol. The maximum absolute atomic E-state index is 12.6. The van der Waals surface area contributed by atoms with Gasteiger partial charge in [-0.3, -0.25) is 19.3 Å². The smallest absolute Gasteiger partial charge is 0.329 e. The third-order valence-electron chi connectivity index (χ3n) is 6.25. The monoisotopic (exact) mass is 402 g/mol. The van der Waals surface area contributed by atoms with Crippen LogP contribution in [0.4, 0.5) is 0 Å². The first-order valence-corrected chi connectivity index (χ1v) is 10.4. The lowest BCUT2D eigenvalue weighted by molar-refractivity contribution is -0.157. The molecule has 1 aliphatic heterocycles. The van der Waals surface area contributed by atoms with E-state index in [4.69, 9.17) is 4.74 Å². The Morgan fingerprint density at radius 1 is 1.07 bits per heavy atom. The van der Waals surface area contributed by atoms with Gasteiger partial charge in [0.05, 0.1) is 11.8 Å². The van der Waals surface area contributed by atoms with Crippen LogP contribution in [0.25, 0.3) is 0 Å². The van der Waals surface area contributed by atoms with Gasteiger partial charge >= 0.3 is 5.97 Å². The topological polar surface area (TPSA) is 85.7 Å². The summed E-state index contributed by atoms with van der Waals surface area (Å²) in [6.07, 6.45) is 3.24. The number of likely N-dealkylation sites (tertiary alicyclic amines) is 1. The zero-order valence-corrected chi connectivity index (χ0v) is 17.9. The largest absolute Gasteiger partial charge is 0.456 e. The van der Waals surface area contributed by atoms with Crippen molar-refractivity contribution in [3.8, 4) is 0 Å². The number of hydrogen-bond donors (Lipinski definition) is 0. The molecule has 1 saturated heterocycles. The molecular formula is C22H30N2O5. The number of aryl methyl sites for hydroxylation is 1. The Hall–Kier alpha value is -2.44. The van der Waals surface area contributed by atoms with Crippen LogP contribution in [-0.2, 0) is 19.1 Å². The molecule has 1 aromatic heterocycles. The van der Waals surface area contributed by atoms with Crippen LogP contribution in [0.2, 0.25) is 0 Å². The Morgan fingerprint density at radius 3 is 2.10 bits per heavy atom. The van der Waals surface area contributed by atoms with Gasteiger partial charge in [0.25, 0.3) is 0 Å². The van der Waals surface area contributed by atoms with Crippen LogP contribution in [0.15, 0.2) is 6.07 Å². The van der Waals surface area contributed by atoms with Gasteiger partial charge in [-0.25, -0.2) is 4.79 Å². The number of rotatable bonds is 6. The molecule has 1 aromatic rings. The quantitative estimate of drug-likeness (QED) is 0.415. The van der Waals surface area contributed by atoms with Crippen LogP contribution in [0.3, 0.4) is 0 Å². The van der Waals surface area contributed by atoms with Crippen molar-refractivity contribution in [2.75, 3.05) is 6.61 Å². The average Bonchev–Trinajstić information content (AvgIpc) is 3.12. The van der Waals surface area contributed by atoms with Crippen LogP contribution in [0.1, 0.15) is 74.2 Å². The lowest BCUT2D eigenvalue weighted by atomic mass is 9.81. The van der Waals surface area contributed by atoms with Crippen LogP contribution < -0.4 is 0 Å². The molecule has 158 valence electrons. The zero-order chi connectivity index (χ0) is 21.5. The van der Waals surface area contributed by atoms with Gasteiger partial charge in [-0.1, -0.05) is 12.8 Å². The molecule has 1 saturated carbocycles. The van der Waals surface area contributed by atoms with Gasteiger partial charge in [0.15, 0.2) is 6.61 Å². The molecular weight excluding hydrogens is 372 g/mol. The van der Waals surface area contributed by atoms with Gasteiger partial charge in [0, 0.05) is 23.0 Å². The summed E-state index contributed by atoms with van der Waals surface area (Å²) in [5.74, 6) is -2.20. The van der Waals surface area contributed by atoms with E-state index < -0.39 is 18.6 Å². The van der Waals surface area contributed by atoms with Crippen LogP contribution in [0, 0.1) is 25.7 Å². The normalized spacial score (nSPS) is 22.8. The lowest BCUT2D eigenvalue weighted by Crippen LogP contribution is -2.44. The molecule has 0 aromatic carbocycles. The number of Topliss-reactive ketones (excluding diaryl/α,β-unsaturated/α-hetero) is 1. The number of hydrogen-bond acceptors (Lipinski definition) is 5. The van der Waals surface area contributed by atoms with Crippen LogP contribution in [0.5, 0.6) is 0 Å². The van der Waals surface area contributed by atoms with Crippen molar-refractivity contribution in [1.82, 2.24) is 9.47 Å². The fourth-order valence-corrected chi connectivity index (χ4v) is 4.86. The lowest BCUT2D eigenvalue weighted by Gasteiger charge is -2.21. The number of ether oxygens (including phenoxy) is 1. The molecule has 3 rings (SSSR count). The van der Waals surface area contributed by atoms with E-state index >= 15 is 0 Å². The molecule has 0 unspecified atom stereocenters. The SMILES string of the molecule is Cc1cc(C(=O)COC(=O)[C@H](C)N2C(=O)[C@H]3CCCC[C@@H]3C2=O)c(C)n1C(C)C. The maximum atomic E-state index is 12.6. The molecule has 2 heterocycles. The average molecular weight is 402 g/mol. The van der Waals surface area contributed by atoms with Crippen molar-refractivity contribution in [3.05, 3.63) is 23.0 Å². The van der Waals surface area contributed by atoms with Gasteiger partial charge in [0.1, 0.15) is 6.04 Å². The highest BCUT2D eigenvalue weighted by atomic mass is 16.5. The summed E-state index contributed by atoms with van der Waals surface area (Å²) < 4.78 is 7.26. The second-order valence-electron chi connectivity index (χ2n) is 8.50. The predicted octanol–water partition coefficient (Wildman–Crippen LogP) is 2.98. The molecule has 0 radical (unpaired) electrons. The zero-order valence-electron chi connectivity index (χ0n) is 17.9. The summed E-state index contributed by atoms with van der Waals surface area (Å²) in [7, 11) is 0. The molecule has 2 amide bonds. The van der Waals surface area contributed by atoms with E-state index in [2.05, 4.69) is 4.57 Å². The second-order valence-corrected chi connectivity index (χ2v) is 8.50. The number of aromatic nitrogens is 1. The minimum atomic E-state index is -1.02. The molecule has 2 fully saturated rings. The number of carbonyl (C=O) groups excluding carboxylic acids is 4. The fourth-order valence-electron chi connectivity index (χ4n) is 4.86. The Balaban J connectivity index is 1.65. The minimum absolute atomic E-state index is 0.217. The fraction of sp³-hybridized carbons (Fsp3) is 0.636. The van der Waals surface area contributed by atoms with Crippen molar-refractivity contribution in [2.45, 2.75) is 72.4 Å². The molecule has 0 spiro atoms. The Kier molecular flexibility index (Phi) is 5.96. The van der Waals surface area contributed by atoms with E-state index in [0.29, 0.717) is 18.4 Å². The van der Waals surface area contributed by atoms with Crippen molar-refractivity contribution in [3.63, 3.8) is 0 Å². The van der Waals surface area contributed by atoms with Crippen molar-refractivity contribution >= 4 is 23.6 Å². The summed E-state index contributed by atoms with van der Waals surface area (Å²) in [6, 6.07) is 0.999. The molecule has 7 nitrogen and oxygen atoms in total. The first-order chi connectivity index (χ1) is 13.6. The van der Waals surface area contributed by atoms with Crippen LogP contribution >= 0.6 is 0 Å². The molecule has 0 N–H and O–H groups in total. The molecule has 0 bridgehead atoms. The minimum Gasteiger partial charge on any atom is -0.456 e. The first kappa shape index (κ1) is 21.3. The summed E-state index contributed by atoms with van der Waals surface area (Å²) in [4.78, 5) is 51.4. The first-order valence-electron chi connectivity index (χ1n) is 10.4. The van der Waals surface area contributed by atoms with Gasteiger partial charge in [-0.15, -0.1) is 0 Å². The van der Waals surface area contributed by atoms with Crippen LogP contribution in [-0.4, -0.2) is 45.7 Å². The Morgan fingerprint density at radius 2 is 1.62 bits per heavy atom. The number of fused-ring (bicyclic) bond motifs is 1. The third kappa shape index (κ3) is 3.74. The number of nitrogens with zero attached hydrogens (tertiary/aromatic N) is 2. The number of carbonyl (C=O) groups is 4. The summed E-state index contributed by atoms with van der Waals surface area (Å²) in [5, 5.41) is 0. The second kappa shape index (κ2) is 8.13. The van der Waals surface area contributed by atoms with E-state index in [9.17, 15) is 19.2 Å². The molecule has 2 aliphatic rings. The number of imide groups is 1. The highest BCUT2D eigenvalue weighted by Crippen LogP contribution is 2.38. The number of ketones is 1. The molecule has 3 atom stereocenters. The van der Waals surface area contributed by atoms with Gasteiger partial charge < -0.3 is 9.30 Å². The summed E-state index contributed by atoms with van der Waals surface area (Å²) in [5.41, 5.74) is 2.33. The van der Waals surface area contributed by atoms with E-state index in [1.165, 1.54) is 6.92 Å². The van der Waals surface area contributed by atoms with Gasteiger partial charge in [-0.05, 0) is 53.5 Å². The van der Waals surface area contributed by atoms with E-state index in [-0.39, 0.29) is 35.5 Å². The van der Waals surface area contributed by atoms with Crippen molar-refractivity contribution in [2.24, 2.45) is 11.8 Å². The Labute approximate surface area is 171 Å². The number of esters is 1. The molecule has 29 heavy (non-hydrogen) atoms. The van der Waals surface area contributed by atoms with E-state index in [1.54, 1.807) is 6.07 Å². The number of amides is 2. The standard InChI is InChI=1S/C22H30N2O5/c1-12(2)23-13(3)10-18(14(23)4)19(25)11-29-22(28)15(5)24-20(26)16-8-6-7-9-17(16)21(24)27/h10,12,15-17H,6-9,11H2,1-5H3/t15-,16-,17-/m0/s1. The van der Waals surface area contributed by atoms with Crippen molar-refractivity contribution in [1.29, 1.82) is 0 Å². The van der Waals surface area contributed by atoms with E-state index in [0.717, 1.165) is 29.1 Å². The molecule has 1 aliphatic carbocycles. The summed E-state index contributed by atoms with van der Waals surface area (Å²) in [6.45, 7) is 8.96. The van der Waals surface area contributed by atoms with E-state index in [1.807, 2.05) is 27.7 Å². The maximum Gasteiger partial charge on any atom is 0.329 e. The van der Waals surface area contributed by atoms with Gasteiger partial charge in [-0.2, -0.15) is 0 Å². The Bertz CT molecular complexity index is 830. The van der Waals surface area contributed by atoms with Gasteiger partial charge in [0.2, 0.25) is 17.6 Å². The highest BCUT2D eigenvalue weighted by molar-refractivity contribution is 6.08.